The van der Waals surface area contributed by atoms with Crippen LogP contribution in [0.3, 0.4) is 0 Å². The Hall–Kier alpha value is -0.313. The molecule has 0 spiro atoms. The summed E-state index contributed by atoms with van der Waals surface area (Å²) in [6, 6.07) is 8.04. The van der Waals surface area contributed by atoms with Gasteiger partial charge in [0.1, 0.15) is 0 Å². The van der Waals surface area contributed by atoms with Gasteiger partial charge < -0.3 is 0 Å². The molecule has 1 heteroatoms. The van der Waals surface area contributed by atoms with Crippen LogP contribution in [0.1, 0.15) is 5.56 Å². The molecule has 0 atom stereocenters. The Balaban J connectivity index is 0.000000490. The first-order chi connectivity index (χ1) is 3.43. The van der Waals surface area contributed by atoms with E-state index in [1.165, 1.54) is 5.56 Å². The number of rotatable bonds is 1. The quantitative estimate of drug-likeness (QED) is 0.314. The van der Waals surface area contributed by atoms with E-state index in [9.17, 15) is 0 Å². The predicted molar refractivity (Wildman–Crippen MR) is 32.1 cm³/mol. The van der Waals surface area contributed by atoms with Crippen LogP contribution in [-0.4, -0.2) is 0 Å². The third kappa shape index (κ3) is 1.66. The molecule has 0 heterocycles. The summed E-state index contributed by atoms with van der Waals surface area (Å²) in [7, 11) is 0. The Morgan fingerprint density at radius 1 is 1.62 bits per heavy atom. The third-order valence-electron chi connectivity index (χ3n) is 0.924. The van der Waals surface area contributed by atoms with Crippen molar-refractivity contribution in [3.8, 4) is 0 Å². The Labute approximate surface area is 61.8 Å². The molecule has 0 saturated carbocycles. The van der Waals surface area contributed by atoms with E-state index < -0.39 is 0 Å². The Morgan fingerprint density at radius 2 is 2.38 bits per heavy atom. The van der Waals surface area contributed by atoms with Crippen molar-refractivity contribution >= 4 is 6.08 Å². The van der Waals surface area contributed by atoms with Crippen molar-refractivity contribution in [2.45, 2.75) is 0 Å². The van der Waals surface area contributed by atoms with Gasteiger partial charge in [-0.25, -0.2) is 0 Å². The van der Waals surface area contributed by atoms with Gasteiger partial charge in [0, 0.05) is 0 Å². The average molecular weight is 98.1 g/mol. The zero-order valence-corrected chi connectivity index (χ0v) is 5.09. The van der Waals surface area contributed by atoms with E-state index >= 15 is 0 Å². The molecule has 0 saturated heterocycles. The summed E-state index contributed by atoms with van der Waals surface area (Å²) in [5, 5.41) is 0. The van der Waals surface area contributed by atoms with E-state index in [0.717, 1.165) is 0 Å². The van der Waals surface area contributed by atoms with Crippen molar-refractivity contribution in [2.24, 2.45) is 0 Å². The van der Waals surface area contributed by atoms with Crippen LogP contribution in [0.5, 0.6) is 0 Å². The van der Waals surface area contributed by atoms with Crippen LogP contribution in [0.15, 0.2) is 30.8 Å². The predicted octanol–water partition coefficient (Wildman–Crippen LogP) is -0.948. The smallest absolute Gasteiger partial charge is 0.177 e. The SMILES string of the molecule is C=Cc1ccc[cH-]1.[Li+]. The van der Waals surface area contributed by atoms with Gasteiger partial charge in [0.25, 0.3) is 0 Å². The van der Waals surface area contributed by atoms with E-state index in [2.05, 4.69) is 6.58 Å². The van der Waals surface area contributed by atoms with E-state index in [1.54, 1.807) is 0 Å². The molecule has 0 aromatic heterocycles. The zero-order valence-electron chi connectivity index (χ0n) is 5.09. The maximum atomic E-state index is 3.60. The molecule has 0 aliphatic heterocycles. The molecule has 0 aliphatic carbocycles. The maximum Gasteiger partial charge on any atom is 1.00 e. The minimum Gasteiger partial charge on any atom is -0.177 e. The Morgan fingerprint density at radius 3 is 2.62 bits per heavy atom. The minimum atomic E-state index is 0. The van der Waals surface area contributed by atoms with Gasteiger partial charge >= 0.3 is 18.9 Å². The first-order valence-corrected chi connectivity index (χ1v) is 2.27. The van der Waals surface area contributed by atoms with Crippen molar-refractivity contribution in [3.05, 3.63) is 36.4 Å². The van der Waals surface area contributed by atoms with Gasteiger partial charge in [0.05, 0.1) is 0 Å². The van der Waals surface area contributed by atoms with Gasteiger partial charge in [-0.2, -0.15) is 23.8 Å². The largest absolute Gasteiger partial charge is 1.00 e. The van der Waals surface area contributed by atoms with Gasteiger partial charge in [0.15, 0.2) is 0 Å². The van der Waals surface area contributed by atoms with Crippen LogP contribution in [0.4, 0.5) is 0 Å². The fourth-order valence-corrected chi connectivity index (χ4v) is 0.525. The molecule has 1 rings (SSSR count). The molecular weight excluding hydrogens is 91.0 g/mol. The normalized spacial score (nSPS) is 7.50. The van der Waals surface area contributed by atoms with Crippen LogP contribution < -0.4 is 18.9 Å². The fraction of sp³-hybridized carbons (Fsp3) is 0. The van der Waals surface area contributed by atoms with Crippen molar-refractivity contribution in [1.82, 2.24) is 0 Å². The fourth-order valence-electron chi connectivity index (χ4n) is 0.525. The monoisotopic (exact) mass is 98.1 g/mol. The molecule has 1 aromatic rings. The van der Waals surface area contributed by atoms with Crippen LogP contribution >= 0.6 is 0 Å². The second kappa shape index (κ2) is 3.66. The molecule has 0 unspecified atom stereocenters. The second-order valence-corrected chi connectivity index (χ2v) is 1.42. The van der Waals surface area contributed by atoms with E-state index in [1.807, 2.05) is 30.3 Å². The van der Waals surface area contributed by atoms with E-state index in [-0.39, 0.29) is 18.9 Å². The first kappa shape index (κ1) is 7.69. The van der Waals surface area contributed by atoms with Crippen molar-refractivity contribution in [1.29, 1.82) is 0 Å². The second-order valence-electron chi connectivity index (χ2n) is 1.42. The minimum absolute atomic E-state index is 0. The van der Waals surface area contributed by atoms with Gasteiger partial charge in [-0.05, 0) is 0 Å². The molecule has 0 aliphatic rings. The van der Waals surface area contributed by atoms with Crippen molar-refractivity contribution < 1.29 is 18.9 Å². The number of hydrogen-bond acceptors (Lipinski definition) is 0. The van der Waals surface area contributed by atoms with Crippen LogP contribution in [0, 0.1) is 0 Å². The number of hydrogen-bond donors (Lipinski definition) is 0. The third-order valence-corrected chi connectivity index (χ3v) is 0.924. The molecule has 8 heavy (non-hydrogen) atoms. The average Bonchev–Trinajstić information content (AvgIpc) is 2.14. The van der Waals surface area contributed by atoms with Crippen molar-refractivity contribution in [2.75, 3.05) is 0 Å². The summed E-state index contributed by atoms with van der Waals surface area (Å²) in [4.78, 5) is 0. The summed E-state index contributed by atoms with van der Waals surface area (Å²) in [5.41, 5.74) is 1.19. The Bertz CT molecular complexity index is 139. The van der Waals surface area contributed by atoms with Crippen molar-refractivity contribution in [3.63, 3.8) is 0 Å². The molecule has 0 amide bonds. The maximum absolute atomic E-state index is 3.60. The molecular formula is C7H7Li. The van der Waals surface area contributed by atoms with E-state index in [4.69, 9.17) is 0 Å². The topological polar surface area (TPSA) is 0 Å². The summed E-state index contributed by atoms with van der Waals surface area (Å²) in [6.45, 7) is 3.60. The molecule has 36 valence electrons. The molecule has 0 bridgehead atoms. The van der Waals surface area contributed by atoms with E-state index in [0.29, 0.717) is 0 Å². The van der Waals surface area contributed by atoms with Gasteiger partial charge in [-0.15, -0.1) is 18.7 Å². The molecule has 0 fully saturated rings. The van der Waals surface area contributed by atoms with Crippen LogP contribution in [0.25, 0.3) is 6.08 Å². The molecule has 0 radical (unpaired) electrons. The van der Waals surface area contributed by atoms with Gasteiger partial charge in [0.2, 0.25) is 0 Å². The summed E-state index contributed by atoms with van der Waals surface area (Å²) in [5.74, 6) is 0. The summed E-state index contributed by atoms with van der Waals surface area (Å²) in [6.07, 6.45) is 1.83. The molecule has 0 nitrogen and oxygen atoms in total. The standard InChI is InChI=1S/C7H7.Li/c1-2-7-5-3-4-6-7;/h2-6H,1H2;/q-1;+1. The molecule has 0 N–H and O–H groups in total. The van der Waals surface area contributed by atoms with Crippen LogP contribution in [0.2, 0.25) is 0 Å². The summed E-state index contributed by atoms with van der Waals surface area (Å²) >= 11 is 0. The van der Waals surface area contributed by atoms with Crippen LogP contribution in [-0.2, 0) is 0 Å². The zero-order chi connectivity index (χ0) is 5.11. The Kier molecular flexibility index (Phi) is 3.52. The molecule has 1 aromatic carbocycles. The van der Waals surface area contributed by atoms with Gasteiger partial charge in [-0.3, -0.25) is 0 Å². The summed E-state index contributed by atoms with van der Waals surface area (Å²) < 4.78 is 0. The first-order valence-electron chi connectivity index (χ1n) is 2.27. The van der Waals surface area contributed by atoms with Gasteiger partial charge in [-0.1, -0.05) is 0 Å².